The number of amides is 2. The number of carboxylic acids is 2. The number of imide groups is 1. The fraction of sp³-hybridized carbons (Fsp3) is 0.179. The smallest absolute Gasteiger partial charge is 0.337 e. The van der Waals surface area contributed by atoms with Crippen LogP contribution in [0.4, 0.5) is 0 Å². The highest BCUT2D eigenvalue weighted by molar-refractivity contribution is 6.17. The fourth-order valence-electron chi connectivity index (χ4n) is 4.96. The van der Waals surface area contributed by atoms with E-state index in [1.807, 2.05) is 30.3 Å². The van der Waals surface area contributed by atoms with Gasteiger partial charge < -0.3 is 10.2 Å². The van der Waals surface area contributed by atoms with Crippen LogP contribution in [0.25, 0.3) is 32.9 Å². The Morgan fingerprint density at radius 1 is 0.946 bits per heavy atom. The highest BCUT2D eigenvalue weighted by Crippen LogP contribution is 2.37. The predicted molar refractivity (Wildman–Crippen MR) is 132 cm³/mol. The van der Waals surface area contributed by atoms with Crippen LogP contribution >= 0.6 is 0 Å². The summed E-state index contributed by atoms with van der Waals surface area (Å²) in [5, 5.41) is 22.0. The van der Waals surface area contributed by atoms with Crippen LogP contribution in [-0.4, -0.2) is 45.6 Å². The molecule has 0 radical (unpaired) electrons. The number of hydroxylamine groups is 2. The first-order valence-electron chi connectivity index (χ1n) is 11.7. The Bertz CT molecular complexity index is 1580. The average Bonchev–Trinajstić information content (AvgIpc) is 3.21. The summed E-state index contributed by atoms with van der Waals surface area (Å²) in [5.41, 5.74) is 2.78. The minimum absolute atomic E-state index is 0.00813. The Kier molecular flexibility index (Phi) is 6.14. The number of aliphatic carboxylic acids is 1. The predicted octanol–water partition coefficient (Wildman–Crippen LogP) is 3.43. The van der Waals surface area contributed by atoms with Crippen molar-refractivity contribution >= 4 is 45.6 Å². The van der Waals surface area contributed by atoms with Crippen LogP contribution in [0, 0.1) is 0 Å². The van der Waals surface area contributed by atoms with Crippen molar-refractivity contribution in [2.45, 2.75) is 18.8 Å². The molecule has 37 heavy (non-hydrogen) atoms. The SMILES string of the molecule is C[n+]1c2ccccc2c(C(=O)O)c2c(-c3ccccc3)ccc(C(CON3C(=O)CCC3=O)C(=O)O)c21. The van der Waals surface area contributed by atoms with Crippen LogP contribution < -0.4 is 4.57 Å². The van der Waals surface area contributed by atoms with Gasteiger partial charge in [-0.05, 0) is 17.2 Å². The molecule has 0 saturated carbocycles. The Hall–Kier alpha value is -4.63. The van der Waals surface area contributed by atoms with Gasteiger partial charge in [-0.15, -0.1) is 0 Å². The number of rotatable bonds is 7. The molecule has 5 rings (SSSR count). The van der Waals surface area contributed by atoms with Gasteiger partial charge in [0.25, 0.3) is 11.8 Å². The normalized spacial score (nSPS) is 14.5. The van der Waals surface area contributed by atoms with Crippen LogP contribution in [0.3, 0.4) is 0 Å². The first kappa shape index (κ1) is 24.1. The number of aryl methyl sites for hydroxylation is 1. The second-order valence-corrected chi connectivity index (χ2v) is 8.82. The van der Waals surface area contributed by atoms with Gasteiger partial charge in [0.05, 0.1) is 22.9 Å². The molecule has 4 aromatic rings. The number of aromatic nitrogens is 1. The summed E-state index contributed by atoms with van der Waals surface area (Å²) in [7, 11) is 1.75. The first-order valence-corrected chi connectivity index (χ1v) is 11.7. The van der Waals surface area contributed by atoms with Crippen molar-refractivity contribution in [1.29, 1.82) is 0 Å². The lowest BCUT2D eigenvalue weighted by atomic mass is 9.88. The molecule has 1 aliphatic rings. The highest BCUT2D eigenvalue weighted by Gasteiger charge is 2.35. The van der Waals surface area contributed by atoms with E-state index >= 15 is 0 Å². The van der Waals surface area contributed by atoms with Crippen LogP contribution in [-0.2, 0) is 26.3 Å². The summed E-state index contributed by atoms with van der Waals surface area (Å²) in [4.78, 5) is 54.5. The summed E-state index contributed by atoms with van der Waals surface area (Å²) < 4.78 is 1.78. The Morgan fingerprint density at radius 3 is 2.24 bits per heavy atom. The molecule has 1 fully saturated rings. The van der Waals surface area contributed by atoms with Gasteiger partial charge >= 0.3 is 11.9 Å². The van der Waals surface area contributed by atoms with Gasteiger partial charge in [0.2, 0.25) is 11.0 Å². The Balaban J connectivity index is 1.80. The van der Waals surface area contributed by atoms with Gasteiger partial charge in [0, 0.05) is 24.5 Å². The van der Waals surface area contributed by atoms with E-state index in [1.165, 1.54) is 0 Å². The molecule has 2 heterocycles. The number of hydrogen-bond donors (Lipinski definition) is 2. The lowest BCUT2D eigenvalue weighted by molar-refractivity contribution is -0.618. The summed E-state index contributed by atoms with van der Waals surface area (Å²) in [6.45, 7) is -0.484. The van der Waals surface area contributed by atoms with Gasteiger partial charge in [0.1, 0.15) is 13.0 Å². The maximum absolute atomic E-state index is 12.7. The van der Waals surface area contributed by atoms with E-state index in [-0.39, 0.29) is 18.4 Å². The maximum Gasteiger partial charge on any atom is 0.337 e. The number of carboxylic acid groups (broad SMARTS) is 2. The topological polar surface area (TPSA) is 125 Å². The molecular weight excluding hydrogens is 476 g/mol. The number of carbonyl (C=O) groups excluding carboxylic acids is 2. The Morgan fingerprint density at radius 2 is 1.59 bits per heavy atom. The first-order chi connectivity index (χ1) is 17.8. The molecule has 9 heteroatoms. The summed E-state index contributed by atoms with van der Waals surface area (Å²) in [6, 6.07) is 19.6. The second kappa shape index (κ2) is 9.44. The number of pyridine rings is 1. The van der Waals surface area contributed by atoms with E-state index < -0.39 is 36.3 Å². The standard InChI is InChI=1S/C28H22N2O7/c1-29-21-10-6-5-9-19(21)25(28(35)36)24-17(16-7-3-2-4-8-16)11-12-18(26(24)29)20(27(33)34)15-37-30-22(31)13-14-23(30)32/h2-12,20H,13-15H2,1H3,(H-,33,34,35,36)/p+1. The van der Waals surface area contributed by atoms with E-state index in [4.69, 9.17) is 4.84 Å². The number of carbonyl (C=O) groups is 4. The van der Waals surface area contributed by atoms with Crippen molar-refractivity contribution < 1.29 is 38.8 Å². The number of aromatic carboxylic acids is 1. The minimum Gasteiger partial charge on any atom is -0.481 e. The van der Waals surface area contributed by atoms with Crippen molar-refractivity contribution in [3.8, 4) is 11.1 Å². The van der Waals surface area contributed by atoms with Crippen molar-refractivity contribution in [1.82, 2.24) is 5.06 Å². The van der Waals surface area contributed by atoms with Crippen LogP contribution in [0.1, 0.15) is 34.7 Å². The molecular formula is C28H23N2O7+. The van der Waals surface area contributed by atoms with E-state index in [2.05, 4.69) is 0 Å². The molecule has 186 valence electrons. The number of para-hydroxylation sites is 1. The zero-order valence-corrected chi connectivity index (χ0v) is 19.9. The van der Waals surface area contributed by atoms with Gasteiger partial charge in [-0.1, -0.05) is 54.6 Å². The Labute approximate surface area is 211 Å². The summed E-state index contributed by atoms with van der Waals surface area (Å²) >= 11 is 0. The lowest BCUT2D eigenvalue weighted by Crippen LogP contribution is -2.35. The number of nitrogens with zero attached hydrogens (tertiary/aromatic N) is 2. The highest BCUT2D eigenvalue weighted by atomic mass is 16.7. The van der Waals surface area contributed by atoms with Crippen molar-refractivity contribution in [2.24, 2.45) is 7.05 Å². The number of fused-ring (bicyclic) bond motifs is 2. The molecule has 1 aromatic heterocycles. The third kappa shape index (κ3) is 4.09. The third-order valence-electron chi connectivity index (χ3n) is 6.68. The number of hydrogen-bond acceptors (Lipinski definition) is 5. The fourth-order valence-corrected chi connectivity index (χ4v) is 4.96. The van der Waals surface area contributed by atoms with Gasteiger partial charge in [-0.2, -0.15) is 9.63 Å². The summed E-state index contributed by atoms with van der Waals surface area (Å²) in [6.07, 6.45) is 0.0163. The van der Waals surface area contributed by atoms with Gasteiger partial charge in [0.15, 0.2) is 0 Å². The van der Waals surface area contributed by atoms with Crippen molar-refractivity contribution in [3.05, 3.63) is 77.9 Å². The van der Waals surface area contributed by atoms with E-state index in [9.17, 15) is 29.4 Å². The molecule has 2 N–H and O–H groups in total. The van der Waals surface area contributed by atoms with E-state index in [0.29, 0.717) is 38.0 Å². The second-order valence-electron chi connectivity index (χ2n) is 8.82. The third-order valence-corrected chi connectivity index (χ3v) is 6.68. The van der Waals surface area contributed by atoms with E-state index in [1.54, 1.807) is 48.0 Å². The minimum atomic E-state index is -1.29. The van der Waals surface area contributed by atoms with Crippen LogP contribution in [0.2, 0.25) is 0 Å². The molecule has 1 aliphatic heterocycles. The molecule has 3 aromatic carbocycles. The molecule has 0 aliphatic carbocycles. The van der Waals surface area contributed by atoms with Crippen molar-refractivity contribution in [2.75, 3.05) is 6.61 Å². The molecule has 9 nitrogen and oxygen atoms in total. The van der Waals surface area contributed by atoms with Crippen LogP contribution in [0.15, 0.2) is 66.7 Å². The molecule has 0 spiro atoms. The monoisotopic (exact) mass is 499 g/mol. The van der Waals surface area contributed by atoms with Gasteiger partial charge in [-0.3, -0.25) is 19.2 Å². The largest absolute Gasteiger partial charge is 0.481 e. The molecule has 1 saturated heterocycles. The lowest BCUT2D eigenvalue weighted by Gasteiger charge is -2.20. The van der Waals surface area contributed by atoms with Gasteiger partial charge in [-0.25, -0.2) is 4.79 Å². The maximum atomic E-state index is 12.7. The molecule has 0 bridgehead atoms. The summed E-state index contributed by atoms with van der Waals surface area (Å²) in [5.74, 6) is -4.72. The number of benzene rings is 3. The quantitative estimate of drug-likeness (QED) is 0.227. The zero-order valence-electron chi connectivity index (χ0n) is 19.9. The van der Waals surface area contributed by atoms with Crippen LogP contribution in [0.5, 0.6) is 0 Å². The van der Waals surface area contributed by atoms with E-state index in [0.717, 1.165) is 5.56 Å². The average molecular weight is 499 g/mol. The van der Waals surface area contributed by atoms with Crippen molar-refractivity contribution in [3.63, 3.8) is 0 Å². The molecule has 2 amide bonds. The molecule has 1 unspecified atom stereocenters. The molecule has 1 atom stereocenters. The zero-order chi connectivity index (χ0) is 26.3.